The van der Waals surface area contributed by atoms with Gasteiger partial charge in [-0.15, -0.1) is 0 Å². The number of nitrogens with zero attached hydrogens (tertiary/aromatic N) is 1. The average molecular weight is 770 g/mol. The van der Waals surface area contributed by atoms with Crippen molar-refractivity contribution in [3.63, 3.8) is 0 Å². The van der Waals surface area contributed by atoms with Crippen LogP contribution < -0.4 is 0 Å². The van der Waals surface area contributed by atoms with E-state index in [9.17, 15) is 0 Å². The van der Waals surface area contributed by atoms with E-state index in [0.29, 0.717) is 0 Å². The highest BCUT2D eigenvalue weighted by molar-refractivity contribution is 6.28. The van der Waals surface area contributed by atoms with Gasteiger partial charge in [-0.2, -0.15) is 0 Å². The second kappa shape index (κ2) is 13.5. The minimum absolute atomic E-state index is 0.171. The molecular weight excluding hydrogens is 723 g/mol. The molecule has 0 saturated heterocycles. The van der Waals surface area contributed by atoms with Gasteiger partial charge >= 0.3 is 0 Å². The smallest absolute Gasteiger partial charge is 0.0725 e. The maximum absolute atomic E-state index is 5.69. The van der Waals surface area contributed by atoms with Crippen LogP contribution in [-0.2, 0) is 18.3 Å². The third-order valence-electron chi connectivity index (χ3n) is 14.6. The second-order valence-electron chi connectivity index (χ2n) is 17.6. The van der Waals surface area contributed by atoms with Crippen LogP contribution in [-0.4, -0.2) is 5.71 Å². The van der Waals surface area contributed by atoms with Crippen LogP contribution in [0.5, 0.6) is 0 Å². The summed E-state index contributed by atoms with van der Waals surface area (Å²) in [4.78, 5) is 5.69. The molecule has 0 heterocycles. The Balaban J connectivity index is 1.10. The monoisotopic (exact) mass is 769 g/mol. The fraction of sp³-hybridized carbons (Fsp3) is 0.169. The number of benzene rings is 9. The van der Waals surface area contributed by atoms with Crippen molar-refractivity contribution in [1.82, 2.24) is 0 Å². The van der Waals surface area contributed by atoms with Gasteiger partial charge < -0.3 is 0 Å². The first-order chi connectivity index (χ1) is 29.6. The summed E-state index contributed by atoms with van der Waals surface area (Å²) in [6, 6.07) is 66.8. The maximum Gasteiger partial charge on any atom is 0.0725 e. The van der Waals surface area contributed by atoms with Crippen molar-refractivity contribution < 1.29 is 0 Å². The van der Waals surface area contributed by atoms with E-state index in [1.165, 1.54) is 105 Å². The summed E-state index contributed by atoms with van der Waals surface area (Å²) in [5, 5.41) is 8.27. The molecule has 0 amide bonds. The SMILES string of the molecule is CCCc1ccccc1N=C(C(C)c1ccccc1)C(C)C1Cc2cccc3c4cc5c(cc4c4cccc1c4c23)-c1ccccc1C51c2ccccc2-c2ccccc21. The molecule has 0 aliphatic heterocycles. The van der Waals surface area contributed by atoms with Crippen molar-refractivity contribution in [3.05, 3.63) is 220 Å². The average Bonchev–Trinajstić information content (AvgIpc) is 3.77. The number of fused-ring (bicyclic) bond motifs is 13. The summed E-state index contributed by atoms with van der Waals surface area (Å²) >= 11 is 0. The minimum Gasteiger partial charge on any atom is -0.257 e. The maximum atomic E-state index is 5.69. The molecular formula is C59H47N. The number of aliphatic imine (C=N–C) groups is 1. The van der Waals surface area contributed by atoms with Crippen LogP contribution in [0.15, 0.2) is 181 Å². The molecule has 3 aliphatic carbocycles. The largest absolute Gasteiger partial charge is 0.257 e. The van der Waals surface area contributed by atoms with E-state index in [4.69, 9.17) is 4.99 Å². The van der Waals surface area contributed by atoms with E-state index >= 15 is 0 Å². The van der Waals surface area contributed by atoms with Gasteiger partial charge in [-0.3, -0.25) is 4.99 Å². The third-order valence-corrected chi connectivity index (χ3v) is 14.6. The van der Waals surface area contributed by atoms with Gasteiger partial charge in [0.15, 0.2) is 0 Å². The second-order valence-corrected chi connectivity index (χ2v) is 17.6. The summed E-state index contributed by atoms with van der Waals surface area (Å²) in [6.07, 6.45) is 3.11. The fourth-order valence-corrected chi connectivity index (χ4v) is 12.0. The third kappa shape index (κ3) is 4.84. The van der Waals surface area contributed by atoms with Crippen molar-refractivity contribution in [3.8, 4) is 22.3 Å². The molecule has 3 unspecified atom stereocenters. The Hall–Kier alpha value is -6.57. The molecule has 1 spiro atoms. The Morgan fingerprint density at radius 3 is 1.83 bits per heavy atom. The Kier molecular flexibility index (Phi) is 7.95. The lowest BCUT2D eigenvalue weighted by Gasteiger charge is -2.34. The molecule has 60 heavy (non-hydrogen) atoms. The Morgan fingerprint density at radius 1 is 0.550 bits per heavy atom. The Labute approximate surface area is 353 Å². The topological polar surface area (TPSA) is 12.4 Å². The molecule has 3 aliphatic rings. The highest BCUT2D eigenvalue weighted by Crippen LogP contribution is 2.63. The summed E-state index contributed by atoms with van der Waals surface area (Å²) < 4.78 is 0. The quantitative estimate of drug-likeness (QED) is 0.113. The van der Waals surface area contributed by atoms with Gasteiger partial charge in [0.25, 0.3) is 0 Å². The van der Waals surface area contributed by atoms with E-state index in [-0.39, 0.29) is 23.2 Å². The van der Waals surface area contributed by atoms with Crippen LogP contribution in [0.3, 0.4) is 0 Å². The van der Waals surface area contributed by atoms with Crippen molar-refractivity contribution >= 4 is 43.7 Å². The van der Waals surface area contributed by atoms with Crippen LogP contribution in [0.2, 0.25) is 0 Å². The van der Waals surface area contributed by atoms with Crippen molar-refractivity contribution in [2.45, 2.75) is 57.3 Å². The van der Waals surface area contributed by atoms with Gasteiger partial charge in [0, 0.05) is 17.5 Å². The van der Waals surface area contributed by atoms with Gasteiger partial charge in [0.2, 0.25) is 0 Å². The highest BCUT2D eigenvalue weighted by Gasteiger charge is 2.51. The predicted molar refractivity (Wildman–Crippen MR) is 253 cm³/mol. The lowest BCUT2D eigenvalue weighted by molar-refractivity contribution is 0.561. The van der Waals surface area contributed by atoms with Crippen LogP contribution >= 0.6 is 0 Å². The van der Waals surface area contributed by atoms with Gasteiger partial charge in [0.05, 0.1) is 11.1 Å². The van der Waals surface area contributed by atoms with Crippen molar-refractivity contribution in [2.24, 2.45) is 10.9 Å². The lowest BCUT2D eigenvalue weighted by atomic mass is 9.69. The first kappa shape index (κ1) is 35.4. The molecule has 0 N–H and O–H groups in total. The van der Waals surface area contributed by atoms with Crippen LogP contribution in [0.1, 0.15) is 83.5 Å². The molecule has 12 rings (SSSR count). The van der Waals surface area contributed by atoms with Crippen LogP contribution in [0, 0.1) is 5.92 Å². The zero-order valence-electron chi connectivity index (χ0n) is 34.5. The lowest BCUT2D eigenvalue weighted by Crippen LogP contribution is -2.27. The molecule has 0 aromatic heterocycles. The van der Waals surface area contributed by atoms with E-state index < -0.39 is 0 Å². The molecule has 0 bridgehead atoms. The van der Waals surface area contributed by atoms with Crippen molar-refractivity contribution in [2.75, 3.05) is 0 Å². The molecule has 0 radical (unpaired) electrons. The van der Waals surface area contributed by atoms with Gasteiger partial charge in [-0.25, -0.2) is 0 Å². The van der Waals surface area contributed by atoms with Crippen LogP contribution in [0.4, 0.5) is 5.69 Å². The molecule has 9 aromatic rings. The summed E-state index contributed by atoms with van der Waals surface area (Å²) in [5.41, 5.74) is 18.5. The molecule has 288 valence electrons. The number of rotatable bonds is 7. The first-order valence-electron chi connectivity index (χ1n) is 22.0. The molecule has 1 nitrogen and oxygen atoms in total. The summed E-state index contributed by atoms with van der Waals surface area (Å²) in [6.45, 7) is 7.08. The summed E-state index contributed by atoms with van der Waals surface area (Å²) in [5.74, 6) is 0.649. The number of hydrogen-bond acceptors (Lipinski definition) is 1. The normalized spacial score (nSPS) is 16.6. The zero-order valence-corrected chi connectivity index (χ0v) is 34.5. The molecule has 1 heteroatoms. The first-order valence-corrected chi connectivity index (χ1v) is 22.0. The van der Waals surface area contributed by atoms with E-state index in [2.05, 4.69) is 197 Å². The molecule has 0 fully saturated rings. The standard InChI is InChI=1S/C59H47N/c1-4-18-39-21-8-15-32-55(39)60-58(36(2)38-19-6-5-7-20-38)37(3)47-33-40-22-16-26-45-49-35-54-50(34-48(49)46-28-17-27-44(47)57(46)56(40)45)43-25-11-14-31-53(43)59(54)51-29-12-9-23-41(51)42-24-10-13-30-52(42)59/h5-17,19-32,34-37,47H,4,18,33H2,1-3H3. The predicted octanol–water partition coefficient (Wildman–Crippen LogP) is 15.3. The minimum atomic E-state index is -0.368. The van der Waals surface area contributed by atoms with Gasteiger partial charge in [-0.1, -0.05) is 185 Å². The molecule has 0 saturated carbocycles. The Morgan fingerprint density at radius 2 is 1.13 bits per heavy atom. The van der Waals surface area contributed by atoms with Crippen molar-refractivity contribution in [1.29, 1.82) is 0 Å². The zero-order chi connectivity index (χ0) is 40.1. The van der Waals surface area contributed by atoms with E-state index in [0.717, 1.165) is 24.9 Å². The van der Waals surface area contributed by atoms with E-state index in [1.807, 2.05) is 0 Å². The highest BCUT2D eigenvalue weighted by atomic mass is 14.8. The number of hydrogen-bond donors (Lipinski definition) is 0. The van der Waals surface area contributed by atoms with Gasteiger partial charge in [0.1, 0.15) is 0 Å². The van der Waals surface area contributed by atoms with Gasteiger partial charge in [-0.05, 0) is 136 Å². The Bertz CT molecular complexity index is 3190. The molecule has 9 aromatic carbocycles. The summed E-state index contributed by atoms with van der Waals surface area (Å²) in [7, 11) is 0. The number of para-hydroxylation sites is 1. The molecule has 3 atom stereocenters. The fourth-order valence-electron chi connectivity index (χ4n) is 12.0. The van der Waals surface area contributed by atoms with E-state index in [1.54, 1.807) is 0 Å². The number of aryl methyl sites for hydroxylation is 1. The van der Waals surface area contributed by atoms with Crippen LogP contribution in [0.25, 0.3) is 54.6 Å².